The average molecular weight is 189 g/mol. The van der Waals surface area contributed by atoms with E-state index in [4.69, 9.17) is 0 Å². The van der Waals surface area contributed by atoms with Crippen molar-refractivity contribution in [3.8, 4) is 0 Å². The molecule has 0 bridgehead atoms. The minimum absolute atomic E-state index is 0.142. The monoisotopic (exact) mass is 189 g/mol. The zero-order valence-electron chi connectivity index (χ0n) is 7.68. The summed E-state index contributed by atoms with van der Waals surface area (Å²) in [6, 6.07) is 9.64. The van der Waals surface area contributed by atoms with Gasteiger partial charge in [0.15, 0.2) is 0 Å². The molecule has 1 N–H and O–H groups in total. The molecular formula is C10H11N3O. The molecule has 1 aromatic rings. The van der Waals surface area contributed by atoms with Gasteiger partial charge in [0.1, 0.15) is 0 Å². The predicted molar refractivity (Wildman–Crippen MR) is 53.9 cm³/mol. The van der Waals surface area contributed by atoms with Gasteiger partial charge in [-0.2, -0.15) is 5.10 Å². The molecule has 72 valence electrons. The zero-order chi connectivity index (χ0) is 9.80. The van der Waals surface area contributed by atoms with E-state index in [1.165, 1.54) is 5.01 Å². The first-order chi connectivity index (χ1) is 6.86. The summed E-state index contributed by atoms with van der Waals surface area (Å²) in [6.45, 7) is 1.04. The van der Waals surface area contributed by atoms with Crippen LogP contribution < -0.4 is 5.32 Å². The first-order valence-electron chi connectivity index (χ1n) is 4.48. The van der Waals surface area contributed by atoms with Gasteiger partial charge in [-0.1, -0.05) is 30.3 Å². The summed E-state index contributed by atoms with van der Waals surface area (Å²) >= 11 is 0. The second-order valence-electron chi connectivity index (χ2n) is 3.03. The number of amides is 2. The largest absolute Gasteiger partial charge is 0.338 e. The van der Waals surface area contributed by atoms with Crippen LogP contribution in [0.5, 0.6) is 0 Å². The van der Waals surface area contributed by atoms with Gasteiger partial charge in [0, 0.05) is 6.21 Å². The molecule has 14 heavy (non-hydrogen) atoms. The predicted octanol–water partition coefficient (Wildman–Crippen LogP) is 1.20. The third-order valence-corrected chi connectivity index (χ3v) is 1.98. The summed E-state index contributed by atoms with van der Waals surface area (Å²) in [6.07, 6.45) is 1.68. The highest BCUT2D eigenvalue weighted by atomic mass is 16.2. The summed E-state index contributed by atoms with van der Waals surface area (Å²) in [7, 11) is 0. The molecule has 0 atom stereocenters. The number of hydrazone groups is 1. The lowest BCUT2D eigenvalue weighted by molar-refractivity contribution is 0.196. The molecule has 4 heteroatoms. The van der Waals surface area contributed by atoms with Gasteiger partial charge < -0.3 is 5.32 Å². The number of nitrogens with zero attached hydrogens (tertiary/aromatic N) is 2. The second-order valence-corrected chi connectivity index (χ2v) is 3.03. The van der Waals surface area contributed by atoms with E-state index in [-0.39, 0.29) is 6.03 Å². The molecule has 2 amide bonds. The Balaban J connectivity index is 2.07. The van der Waals surface area contributed by atoms with Crippen molar-refractivity contribution in [3.63, 3.8) is 0 Å². The third kappa shape index (κ3) is 1.90. The van der Waals surface area contributed by atoms with Crippen molar-refractivity contribution in [3.05, 3.63) is 35.9 Å². The van der Waals surface area contributed by atoms with Crippen molar-refractivity contribution in [2.24, 2.45) is 5.10 Å². The topological polar surface area (TPSA) is 44.7 Å². The van der Waals surface area contributed by atoms with Gasteiger partial charge in [0.05, 0.1) is 13.1 Å². The van der Waals surface area contributed by atoms with Gasteiger partial charge in [0.2, 0.25) is 0 Å². The first kappa shape index (κ1) is 8.74. The summed E-state index contributed by atoms with van der Waals surface area (Å²) < 4.78 is 0. The highest BCUT2D eigenvalue weighted by molar-refractivity contribution is 5.81. The third-order valence-electron chi connectivity index (χ3n) is 1.98. The fourth-order valence-corrected chi connectivity index (χ4v) is 1.29. The Morgan fingerprint density at radius 3 is 2.86 bits per heavy atom. The van der Waals surface area contributed by atoms with E-state index in [9.17, 15) is 4.79 Å². The van der Waals surface area contributed by atoms with Crippen LogP contribution in [0.4, 0.5) is 4.79 Å². The molecule has 0 saturated carbocycles. The smallest absolute Gasteiger partial charge is 0.331 e. The molecule has 1 heterocycles. The van der Waals surface area contributed by atoms with Crippen molar-refractivity contribution >= 4 is 12.2 Å². The van der Waals surface area contributed by atoms with Crippen LogP contribution in [-0.2, 0) is 6.54 Å². The molecule has 0 fully saturated rings. The van der Waals surface area contributed by atoms with E-state index in [0.717, 1.165) is 5.56 Å². The summed E-state index contributed by atoms with van der Waals surface area (Å²) in [4.78, 5) is 11.3. The Labute approximate surface area is 82.2 Å². The lowest BCUT2D eigenvalue weighted by Crippen LogP contribution is -2.41. The van der Waals surface area contributed by atoms with E-state index < -0.39 is 0 Å². The van der Waals surface area contributed by atoms with Crippen molar-refractivity contribution in [2.75, 3.05) is 6.54 Å². The molecule has 0 radical (unpaired) electrons. The summed E-state index contributed by atoms with van der Waals surface area (Å²) in [5.74, 6) is 0. The quantitative estimate of drug-likeness (QED) is 0.746. The van der Waals surface area contributed by atoms with Crippen molar-refractivity contribution in [1.29, 1.82) is 0 Å². The molecule has 0 saturated heterocycles. The van der Waals surface area contributed by atoms with Crippen LogP contribution in [-0.4, -0.2) is 23.8 Å². The minimum atomic E-state index is -0.142. The molecule has 2 rings (SSSR count). The second kappa shape index (κ2) is 3.91. The van der Waals surface area contributed by atoms with Gasteiger partial charge in [0.25, 0.3) is 0 Å². The summed E-state index contributed by atoms with van der Waals surface area (Å²) in [5, 5.41) is 8.11. The Morgan fingerprint density at radius 1 is 1.36 bits per heavy atom. The molecule has 0 unspecified atom stereocenters. The molecule has 0 aliphatic carbocycles. The van der Waals surface area contributed by atoms with Crippen molar-refractivity contribution in [2.45, 2.75) is 6.54 Å². The van der Waals surface area contributed by atoms with Crippen molar-refractivity contribution < 1.29 is 4.79 Å². The Kier molecular flexibility index (Phi) is 2.44. The van der Waals surface area contributed by atoms with Crippen LogP contribution >= 0.6 is 0 Å². The normalized spacial score (nSPS) is 15.4. The van der Waals surface area contributed by atoms with Crippen LogP contribution in [0.3, 0.4) is 0 Å². The van der Waals surface area contributed by atoms with Crippen LogP contribution in [0.15, 0.2) is 35.4 Å². The highest BCUT2D eigenvalue weighted by Crippen LogP contribution is 2.05. The van der Waals surface area contributed by atoms with E-state index >= 15 is 0 Å². The van der Waals surface area contributed by atoms with Crippen LogP contribution in [0, 0.1) is 0 Å². The number of carbonyl (C=O) groups is 1. The molecule has 0 spiro atoms. The first-order valence-corrected chi connectivity index (χ1v) is 4.48. The van der Waals surface area contributed by atoms with Crippen LogP contribution in [0.25, 0.3) is 0 Å². The maximum Gasteiger partial charge on any atom is 0.338 e. The highest BCUT2D eigenvalue weighted by Gasteiger charge is 2.14. The molecule has 1 aliphatic heterocycles. The molecule has 1 aromatic carbocycles. The zero-order valence-corrected chi connectivity index (χ0v) is 7.68. The number of carbonyl (C=O) groups excluding carboxylic acids is 1. The van der Waals surface area contributed by atoms with E-state index in [1.807, 2.05) is 30.3 Å². The van der Waals surface area contributed by atoms with Crippen LogP contribution in [0.1, 0.15) is 5.56 Å². The van der Waals surface area contributed by atoms with E-state index in [2.05, 4.69) is 10.4 Å². The summed E-state index contributed by atoms with van der Waals surface area (Å²) in [5.41, 5.74) is 1.07. The molecule has 4 nitrogen and oxygen atoms in total. The maximum absolute atomic E-state index is 11.3. The number of benzene rings is 1. The van der Waals surface area contributed by atoms with E-state index in [1.54, 1.807) is 6.21 Å². The van der Waals surface area contributed by atoms with E-state index in [0.29, 0.717) is 13.1 Å². The van der Waals surface area contributed by atoms with Gasteiger partial charge in [-0.15, -0.1) is 0 Å². The Hall–Kier alpha value is -1.84. The maximum atomic E-state index is 11.3. The van der Waals surface area contributed by atoms with Gasteiger partial charge in [-0.25, -0.2) is 9.80 Å². The minimum Gasteiger partial charge on any atom is -0.331 e. The molecule has 0 aromatic heterocycles. The SMILES string of the molecule is O=C1NCC=NN1Cc1ccccc1. The lowest BCUT2D eigenvalue weighted by atomic mass is 10.2. The van der Waals surface area contributed by atoms with Gasteiger partial charge in [-0.05, 0) is 5.56 Å². The Morgan fingerprint density at radius 2 is 2.14 bits per heavy atom. The van der Waals surface area contributed by atoms with Gasteiger partial charge in [-0.3, -0.25) is 0 Å². The van der Waals surface area contributed by atoms with Gasteiger partial charge >= 0.3 is 6.03 Å². The number of urea groups is 1. The number of hydrogen-bond acceptors (Lipinski definition) is 2. The van der Waals surface area contributed by atoms with Crippen molar-refractivity contribution in [1.82, 2.24) is 10.3 Å². The average Bonchev–Trinajstić information content (AvgIpc) is 2.23. The van der Waals surface area contributed by atoms with Crippen LogP contribution in [0.2, 0.25) is 0 Å². The number of rotatable bonds is 2. The fourth-order valence-electron chi connectivity index (χ4n) is 1.29. The standard InChI is InChI=1S/C10H11N3O/c14-10-11-6-7-12-13(10)8-9-4-2-1-3-5-9/h1-5,7H,6,8H2,(H,11,14). The lowest BCUT2D eigenvalue weighted by Gasteiger charge is -2.20. The fraction of sp³-hybridized carbons (Fsp3) is 0.200. The molecule has 1 aliphatic rings. The Bertz CT molecular complexity index is 348. The number of hydrogen-bond donors (Lipinski definition) is 1. The number of nitrogens with one attached hydrogen (secondary N) is 1. The molecular weight excluding hydrogens is 178 g/mol.